The fraction of sp³-hybridized carbons (Fsp3) is 1.00. The summed E-state index contributed by atoms with van der Waals surface area (Å²) in [6, 6.07) is 0. The third kappa shape index (κ3) is 14.8. The molecule has 0 radical (unpaired) electrons. The van der Waals surface area contributed by atoms with Gasteiger partial charge in [0.2, 0.25) is 0 Å². The van der Waals surface area contributed by atoms with Gasteiger partial charge in [-0.2, -0.15) is 0 Å². The van der Waals surface area contributed by atoms with Gasteiger partial charge < -0.3 is 25.2 Å². The number of rotatable bonds is 10. The molecule has 6 nitrogen and oxygen atoms in total. The second kappa shape index (κ2) is 17.4. The van der Waals surface area contributed by atoms with Crippen LogP contribution in [0.4, 0.5) is 0 Å². The molecular formula is C12H33N2O4PS. The van der Waals surface area contributed by atoms with Crippen molar-refractivity contribution in [3.63, 3.8) is 0 Å². The zero-order valence-electron chi connectivity index (χ0n) is 13.6. The highest BCUT2D eigenvalue weighted by molar-refractivity contribution is 8.55. The Bertz CT molecular complexity index is 222. The minimum absolute atomic E-state index is 0. The molecule has 0 aliphatic carbocycles. The topological polar surface area (TPSA) is 96.3 Å². The average molecular weight is 332 g/mol. The molecule has 0 aromatic heterocycles. The Labute approximate surface area is 128 Å². The molecule has 0 aliphatic heterocycles. The predicted molar refractivity (Wildman–Crippen MR) is 89.4 cm³/mol. The molecule has 0 atom stereocenters. The summed E-state index contributed by atoms with van der Waals surface area (Å²) in [7, 11) is 0. The zero-order chi connectivity index (χ0) is 15.1. The van der Waals surface area contributed by atoms with E-state index in [0.717, 1.165) is 31.9 Å². The molecule has 0 amide bonds. The summed E-state index contributed by atoms with van der Waals surface area (Å²) in [6.07, 6.45) is 0. The van der Waals surface area contributed by atoms with E-state index in [1.165, 1.54) is 11.4 Å². The monoisotopic (exact) mass is 332 g/mol. The normalized spacial score (nSPS) is 10.8. The summed E-state index contributed by atoms with van der Waals surface area (Å²) in [5, 5.41) is 0. The Morgan fingerprint density at radius 1 is 1.05 bits per heavy atom. The molecule has 0 aromatic carbocycles. The molecule has 0 spiro atoms. The number of hydrogen-bond donors (Lipinski definition) is 1. The molecule has 20 heavy (non-hydrogen) atoms. The van der Waals surface area contributed by atoms with Crippen LogP contribution in [0.3, 0.4) is 0 Å². The first-order chi connectivity index (χ1) is 9.03. The lowest BCUT2D eigenvalue weighted by Gasteiger charge is -2.20. The van der Waals surface area contributed by atoms with Crippen molar-refractivity contribution in [1.29, 1.82) is 0 Å². The van der Waals surface area contributed by atoms with Gasteiger partial charge in [0.1, 0.15) is 0 Å². The van der Waals surface area contributed by atoms with E-state index in [4.69, 9.17) is 14.8 Å². The van der Waals surface area contributed by atoms with E-state index in [0.29, 0.717) is 13.2 Å². The van der Waals surface area contributed by atoms with Gasteiger partial charge in [-0.25, -0.2) is 4.57 Å². The van der Waals surface area contributed by atoms with Crippen LogP contribution in [0.1, 0.15) is 34.6 Å². The fourth-order valence-electron chi connectivity index (χ4n) is 1.25. The van der Waals surface area contributed by atoms with Crippen molar-refractivity contribution in [2.45, 2.75) is 34.6 Å². The standard InChI is InChI=1S/C10H24NO3PS.C2H7N.H2O/c1-5-11(6-2)9-10-16-15(12,13-7-3)14-8-4;1-2-3;/h5-10H2,1-4H3;2-3H2,1H3;1H2. The van der Waals surface area contributed by atoms with Crippen LogP contribution in [0.2, 0.25) is 0 Å². The molecule has 0 fully saturated rings. The zero-order valence-corrected chi connectivity index (χ0v) is 15.3. The maximum atomic E-state index is 12.1. The Hall–Kier alpha value is 0.380. The number of hydrogen-bond acceptors (Lipinski definition) is 6. The highest BCUT2D eigenvalue weighted by Crippen LogP contribution is 2.60. The molecule has 0 saturated carbocycles. The molecule has 8 heteroatoms. The summed E-state index contributed by atoms with van der Waals surface area (Å²) in [5.41, 5.74) is 4.85. The molecule has 0 aromatic rings. The van der Waals surface area contributed by atoms with Crippen LogP contribution in [0.5, 0.6) is 0 Å². The SMILES string of the molecule is CCN.CCOP(=O)(OCC)SCCN(CC)CC.O. The van der Waals surface area contributed by atoms with Crippen LogP contribution >= 0.6 is 18.2 Å². The number of nitrogens with zero attached hydrogens (tertiary/aromatic N) is 1. The van der Waals surface area contributed by atoms with Crippen LogP contribution in [0.25, 0.3) is 0 Å². The maximum Gasteiger partial charge on any atom is 0.389 e. The Kier molecular flexibility index (Phi) is 22.1. The number of nitrogens with two attached hydrogens (primary N) is 1. The Morgan fingerprint density at radius 3 is 1.75 bits per heavy atom. The van der Waals surface area contributed by atoms with Crippen LogP contribution in [0, 0.1) is 0 Å². The lowest BCUT2D eigenvalue weighted by molar-refractivity contribution is 0.236. The molecule has 0 unspecified atom stereocenters. The molecule has 0 rings (SSSR count). The fourth-order valence-corrected chi connectivity index (χ4v) is 4.66. The predicted octanol–water partition coefficient (Wildman–Crippen LogP) is 2.38. The van der Waals surface area contributed by atoms with Gasteiger partial charge in [0.05, 0.1) is 13.2 Å². The maximum absolute atomic E-state index is 12.1. The van der Waals surface area contributed by atoms with Gasteiger partial charge in [0, 0.05) is 12.3 Å². The van der Waals surface area contributed by atoms with E-state index in [-0.39, 0.29) is 5.48 Å². The Balaban J connectivity index is -0.000000657. The highest BCUT2D eigenvalue weighted by atomic mass is 32.7. The molecule has 0 bridgehead atoms. The van der Waals surface area contributed by atoms with Crippen LogP contribution in [-0.4, -0.2) is 55.5 Å². The van der Waals surface area contributed by atoms with Crippen molar-refractivity contribution >= 4 is 18.2 Å². The lowest BCUT2D eigenvalue weighted by Crippen LogP contribution is -2.25. The summed E-state index contributed by atoms with van der Waals surface area (Å²) >= 11 is 1.30. The minimum atomic E-state index is -2.91. The van der Waals surface area contributed by atoms with Gasteiger partial charge in [-0.15, -0.1) is 0 Å². The minimum Gasteiger partial charge on any atom is -0.412 e. The van der Waals surface area contributed by atoms with Crippen molar-refractivity contribution in [3.05, 3.63) is 0 Å². The molecule has 0 aliphatic rings. The quantitative estimate of drug-likeness (QED) is 0.617. The van der Waals surface area contributed by atoms with Gasteiger partial charge in [-0.05, 0) is 44.9 Å². The van der Waals surface area contributed by atoms with Crippen molar-refractivity contribution in [3.8, 4) is 0 Å². The summed E-state index contributed by atoms with van der Waals surface area (Å²) in [4.78, 5) is 2.29. The molecule has 126 valence electrons. The highest BCUT2D eigenvalue weighted by Gasteiger charge is 2.24. The molecule has 0 heterocycles. The third-order valence-corrected chi connectivity index (χ3v) is 6.08. The third-order valence-electron chi connectivity index (χ3n) is 2.13. The van der Waals surface area contributed by atoms with E-state index >= 15 is 0 Å². The van der Waals surface area contributed by atoms with Gasteiger partial charge in [0.15, 0.2) is 0 Å². The van der Waals surface area contributed by atoms with E-state index in [9.17, 15) is 4.57 Å². The van der Waals surface area contributed by atoms with Crippen molar-refractivity contribution in [1.82, 2.24) is 4.90 Å². The van der Waals surface area contributed by atoms with Crippen LogP contribution < -0.4 is 5.73 Å². The van der Waals surface area contributed by atoms with Crippen molar-refractivity contribution < 1.29 is 19.1 Å². The largest absolute Gasteiger partial charge is 0.412 e. The van der Waals surface area contributed by atoms with Crippen LogP contribution in [-0.2, 0) is 13.6 Å². The molecule has 4 N–H and O–H groups in total. The van der Waals surface area contributed by atoms with Crippen molar-refractivity contribution in [2.24, 2.45) is 5.73 Å². The van der Waals surface area contributed by atoms with E-state index < -0.39 is 6.80 Å². The first-order valence-corrected chi connectivity index (χ1v) is 10.1. The van der Waals surface area contributed by atoms with Gasteiger partial charge in [-0.1, -0.05) is 20.8 Å². The summed E-state index contributed by atoms with van der Waals surface area (Å²) < 4.78 is 22.5. The summed E-state index contributed by atoms with van der Waals surface area (Å²) in [6.45, 7) is 11.5. The van der Waals surface area contributed by atoms with Crippen LogP contribution in [0.15, 0.2) is 0 Å². The van der Waals surface area contributed by atoms with E-state index in [1.807, 2.05) is 20.8 Å². The Morgan fingerprint density at radius 2 is 1.45 bits per heavy atom. The molecule has 0 saturated heterocycles. The van der Waals surface area contributed by atoms with Crippen molar-refractivity contribution in [2.75, 3.05) is 45.1 Å². The first-order valence-electron chi connectivity index (χ1n) is 6.99. The smallest absolute Gasteiger partial charge is 0.389 e. The van der Waals surface area contributed by atoms with E-state index in [1.54, 1.807) is 0 Å². The lowest BCUT2D eigenvalue weighted by atomic mass is 10.5. The summed E-state index contributed by atoms with van der Waals surface area (Å²) in [5.74, 6) is 0.777. The van der Waals surface area contributed by atoms with Gasteiger partial charge in [-0.3, -0.25) is 0 Å². The van der Waals surface area contributed by atoms with E-state index in [2.05, 4.69) is 18.7 Å². The average Bonchev–Trinajstić information content (AvgIpc) is 2.36. The van der Waals surface area contributed by atoms with Gasteiger partial charge in [0.25, 0.3) is 0 Å². The van der Waals surface area contributed by atoms with Gasteiger partial charge >= 0.3 is 6.80 Å². The first kappa shape index (κ1) is 25.3. The second-order valence-electron chi connectivity index (χ2n) is 3.55. The molecular weight excluding hydrogens is 299 g/mol. The second-order valence-corrected chi connectivity index (χ2v) is 7.74.